The van der Waals surface area contributed by atoms with Crippen molar-refractivity contribution in [2.24, 2.45) is 5.10 Å². The van der Waals surface area contributed by atoms with Gasteiger partial charge in [-0.2, -0.15) is 10.1 Å². The van der Waals surface area contributed by atoms with E-state index in [1.165, 1.54) is 5.56 Å². The Morgan fingerprint density at radius 1 is 1.13 bits per heavy atom. The number of anilines is 2. The molecule has 8 heteroatoms. The number of nitrogens with one attached hydrogen (secondary N) is 1. The van der Waals surface area contributed by atoms with Gasteiger partial charge in [0.25, 0.3) is 0 Å². The second-order valence-corrected chi connectivity index (χ2v) is 7.19. The lowest BCUT2D eigenvalue weighted by Gasteiger charge is -2.27. The number of rotatable bonds is 8. The van der Waals surface area contributed by atoms with Crippen molar-refractivity contribution < 1.29 is 9.47 Å². The number of ether oxygens (including phenoxy) is 2. The van der Waals surface area contributed by atoms with E-state index in [0.29, 0.717) is 43.8 Å². The highest BCUT2D eigenvalue weighted by Gasteiger charge is 2.16. The summed E-state index contributed by atoms with van der Waals surface area (Å²) in [5.74, 6) is 1.14. The maximum atomic E-state index is 5.93. The summed E-state index contributed by atoms with van der Waals surface area (Å²) in [4.78, 5) is 15.7. The Morgan fingerprint density at radius 2 is 2.03 bits per heavy atom. The second-order valence-electron chi connectivity index (χ2n) is 7.19. The number of nitrogens with zero attached hydrogens (tertiary/aromatic N) is 5. The van der Waals surface area contributed by atoms with Gasteiger partial charge in [-0.15, -0.1) is 0 Å². The number of aromatic nitrogens is 3. The molecule has 0 aliphatic carbocycles. The Bertz CT molecular complexity index is 1010. The van der Waals surface area contributed by atoms with E-state index < -0.39 is 0 Å². The van der Waals surface area contributed by atoms with E-state index in [-0.39, 0.29) is 0 Å². The van der Waals surface area contributed by atoms with Gasteiger partial charge in [0.15, 0.2) is 0 Å². The summed E-state index contributed by atoms with van der Waals surface area (Å²) >= 11 is 0. The zero-order chi connectivity index (χ0) is 21.3. The molecule has 0 spiro atoms. The fourth-order valence-electron chi connectivity index (χ4n) is 3.17. The minimum absolute atomic E-state index is 0.481. The maximum absolute atomic E-state index is 5.93. The first kappa shape index (κ1) is 20.7. The van der Waals surface area contributed by atoms with Gasteiger partial charge in [-0.3, -0.25) is 10.4 Å². The van der Waals surface area contributed by atoms with E-state index in [4.69, 9.17) is 9.47 Å². The number of pyridine rings is 1. The first-order valence-corrected chi connectivity index (χ1v) is 10.4. The molecular formula is C23H26N6O2. The molecule has 1 fully saturated rings. The fourth-order valence-corrected chi connectivity index (χ4v) is 3.17. The lowest BCUT2D eigenvalue weighted by atomic mass is 10.2. The molecule has 0 unspecified atom stereocenters. The molecule has 2 aromatic heterocycles. The van der Waals surface area contributed by atoms with E-state index in [1.807, 2.05) is 49.4 Å². The summed E-state index contributed by atoms with van der Waals surface area (Å²) < 4.78 is 11.4. The van der Waals surface area contributed by atoms with Gasteiger partial charge in [0.05, 0.1) is 37.4 Å². The highest BCUT2D eigenvalue weighted by Crippen LogP contribution is 2.17. The number of hydrogen-bond acceptors (Lipinski definition) is 8. The summed E-state index contributed by atoms with van der Waals surface area (Å²) in [6, 6.07) is 15.7. The predicted octanol–water partition coefficient (Wildman–Crippen LogP) is 3.08. The van der Waals surface area contributed by atoms with Crippen LogP contribution >= 0.6 is 0 Å². The minimum Gasteiger partial charge on any atom is -0.477 e. The molecule has 1 saturated heterocycles. The predicted molar refractivity (Wildman–Crippen MR) is 121 cm³/mol. The van der Waals surface area contributed by atoms with E-state index in [0.717, 1.165) is 24.5 Å². The molecule has 1 aromatic carbocycles. The van der Waals surface area contributed by atoms with Crippen molar-refractivity contribution in [1.82, 2.24) is 15.0 Å². The zero-order valence-corrected chi connectivity index (χ0v) is 17.6. The molecule has 0 atom stereocenters. The van der Waals surface area contributed by atoms with Crippen molar-refractivity contribution in [2.75, 3.05) is 43.2 Å². The molecule has 1 aliphatic heterocycles. The molecule has 0 radical (unpaired) electrons. The molecule has 1 N–H and O–H groups in total. The molecule has 3 heterocycles. The van der Waals surface area contributed by atoms with Gasteiger partial charge in [0.2, 0.25) is 11.8 Å². The average Bonchev–Trinajstić information content (AvgIpc) is 2.80. The summed E-state index contributed by atoms with van der Waals surface area (Å²) in [5, 5.41) is 4.33. The van der Waals surface area contributed by atoms with Crippen LogP contribution in [0.25, 0.3) is 0 Å². The van der Waals surface area contributed by atoms with Crippen molar-refractivity contribution in [3.05, 3.63) is 71.7 Å². The molecule has 4 rings (SSSR count). The quantitative estimate of drug-likeness (QED) is 0.444. The van der Waals surface area contributed by atoms with E-state index >= 15 is 0 Å². The van der Waals surface area contributed by atoms with Crippen LogP contribution in [0.2, 0.25) is 0 Å². The lowest BCUT2D eigenvalue weighted by Crippen LogP contribution is -2.37. The molecular weight excluding hydrogens is 392 g/mol. The van der Waals surface area contributed by atoms with E-state index in [2.05, 4.69) is 30.4 Å². The van der Waals surface area contributed by atoms with Crippen LogP contribution in [0.3, 0.4) is 0 Å². The van der Waals surface area contributed by atoms with Crippen molar-refractivity contribution >= 4 is 17.9 Å². The van der Waals surface area contributed by atoms with Crippen molar-refractivity contribution in [2.45, 2.75) is 13.3 Å². The highest BCUT2D eigenvalue weighted by atomic mass is 16.5. The fraction of sp³-hybridized carbons (Fsp3) is 0.304. The van der Waals surface area contributed by atoms with Crippen LogP contribution in [0.4, 0.5) is 11.6 Å². The molecule has 160 valence electrons. The third kappa shape index (κ3) is 6.23. The Kier molecular flexibility index (Phi) is 7.02. The largest absolute Gasteiger partial charge is 0.477 e. The molecule has 31 heavy (non-hydrogen) atoms. The maximum Gasteiger partial charge on any atom is 0.229 e. The molecule has 0 saturated carbocycles. The standard InChI is InChI=1S/C23H26N6O2/c1-18-5-4-7-20(15-18)28-25-17-21-16-22(31-12-8-19-6-2-3-9-24-19)27-23(26-21)29-10-13-30-14-11-29/h2-7,9,15-17,28H,8,10-14H2,1H3/b25-17-. The summed E-state index contributed by atoms with van der Waals surface area (Å²) in [5.41, 5.74) is 6.78. The van der Waals surface area contributed by atoms with Crippen molar-refractivity contribution in [3.8, 4) is 5.88 Å². The van der Waals surface area contributed by atoms with Gasteiger partial charge in [-0.1, -0.05) is 18.2 Å². The van der Waals surface area contributed by atoms with Crippen LogP contribution in [0, 0.1) is 6.92 Å². The first-order valence-electron chi connectivity index (χ1n) is 10.4. The van der Waals surface area contributed by atoms with Gasteiger partial charge in [0, 0.05) is 37.5 Å². The Balaban J connectivity index is 1.47. The SMILES string of the molecule is Cc1cccc(N/N=C\c2cc(OCCc3ccccn3)nc(N3CCOCC3)n2)c1. The number of benzene rings is 1. The Hall–Kier alpha value is -3.52. The van der Waals surface area contributed by atoms with Gasteiger partial charge in [-0.05, 0) is 36.8 Å². The second kappa shape index (κ2) is 10.5. The van der Waals surface area contributed by atoms with Crippen molar-refractivity contribution in [1.29, 1.82) is 0 Å². The third-order valence-electron chi connectivity index (χ3n) is 4.75. The Labute approximate surface area is 182 Å². The zero-order valence-electron chi connectivity index (χ0n) is 17.6. The molecule has 0 bridgehead atoms. The molecule has 0 amide bonds. The summed E-state index contributed by atoms with van der Waals surface area (Å²) in [6.07, 6.45) is 4.17. The first-order chi connectivity index (χ1) is 15.3. The number of hydrogen-bond donors (Lipinski definition) is 1. The average molecular weight is 419 g/mol. The van der Waals surface area contributed by atoms with Crippen LogP contribution in [-0.4, -0.2) is 54.1 Å². The normalized spacial score (nSPS) is 14.0. The summed E-state index contributed by atoms with van der Waals surface area (Å²) in [6.45, 7) is 5.33. The smallest absolute Gasteiger partial charge is 0.229 e. The highest BCUT2D eigenvalue weighted by molar-refractivity contribution is 5.78. The third-order valence-corrected chi connectivity index (χ3v) is 4.75. The van der Waals surface area contributed by atoms with Crippen LogP contribution in [0.5, 0.6) is 5.88 Å². The molecule has 1 aliphatic rings. The van der Waals surface area contributed by atoms with Crippen LogP contribution < -0.4 is 15.1 Å². The van der Waals surface area contributed by atoms with Gasteiger partial charge in [0.1, 0.15) is 0 Å². The van der Waals surface area contributed by atoms with Gasteiger partial charge < -0.3 is 14.4 Å². The van der Waals surface area contributed by atoms with Crippen LogP contribution in [0.1, 0.15) is 17.0 Å². The van der Waals surface area contributed by atoms with E-state index in [1.54, 1.807) is 18.5 Å². The lowest BCUT2D eigenvalue weighted by molar-refractivity contribution is 0.122. The number of hydrazone groups is 1. The summed E-state index contributed by atoms with van der Waals surface area (Å²) in [7, 11) is 0. The minimum atomic E-state index is 0.481. The number of morpholine rings is 1. The molecule has 8 nitrogen and oxygen atoms in total. The van der Waals surface area contributed by atoms with E-state index in [9.17, 15) is 0 Å². The Morgan fingerprint density at radius 3 is 2.84 bits per heavy atom. The molecule has 3 aromatic rings. The monoisotopic (exact) mass is 418 g/mol. The number of aryl methyl sites for hydroxylation is 1. The van der Waals surface area contributed by atoms with Gasteiger partial charge in [-0.25, -0.2) is 4.98 Å². The topological polar surface area (TPSA) is 84.8 Å². The van der Waals surface area contributed by atoms with Crippen molar-refractivity contribution in [3.63, 3.8) is 0 Å². The van der Waals surface area contributed by atoms with Gasteiger partial charge >= 0.3 is 0 Å². The van der Waals surface area contributed by atoms with Crippen LogP contribution in [-0.2, 0) is 11.2 Å². The van der Waals surface area contributed by atoms with Crippen LogP contribution in [0.15, 0.2) is 59.8 Å².